The number of nitrogens with zero attached hydrogens (tertiary/aromatic N) is 4. The molecule has 198 valence electrons. The Kier molecular flexibility index (Phi) is 5.56. The lowest BCUT2D eigenvalue weighted by Crippen LogP contribution is -2.53. The molecule has 1 saturated carbocycles. The number of ether oxygens (including phenoxy) is 1. The first-order valence-corrected chi connectivity index (χ1v) is 13.4. The molecule has 6 rings (SSSR count). The van der Waals surface area contributed by atoms with Crippen molar-refractivity contribution in [3.05, 3.63) is 54.1 Å². The molecule has 1 aliphatic heterocycles. The van der Waals surface area contributed by atoms with Crippen molar-refractivity contribution in [3.63, 3.8) is 0 Å². The Hall–Kier alpha value is -3.81. The van der Waals surface area contributed by atoms with Gasteiger partial charge in [-0.25, -0.2) is 9.78 Å². The van der Waals surface area contributed by atoms with Gasteiger partial charge in [0, 0.05) is 43.1 Å². The van der Waals surface area contributed by atoms with Crippen molar-refractivity contribution < 1.29 is 14.3 Å². The first-order valence-electron chi connectivity index (χ1n) is 13.4. The summed E-state index contributed by atoms with van der Waals surface area (Å²) in [5.74, 6) is 1.14. The van der Waals surface area contributed by atoms with E-state index in [1.54, 1.807) is 4.90 Å². The summed E-state index contributed by atoms with van der Waals surface area (Å²) in [7, 11) is 2.02. The lowest BCUT2D eigenvalue weighted by Gasteiger charge is -2.34. The number of nitrogens with one attached hydrogen (secondary N) is 1. The van der Waals surface area contributed by atoms with Crippen LogP contribution in [0.25, 0.3) is 33.5 Å². The van der Waals surface area contributed by atoms with Gasteiger partial charge in [0.15, 0.2) is 5.82 Å². The van der Waals surface area contributed by atoms with Crippen LogP contribution in [0.3, 0.4) is 0 Å². The third-order valence-electron chi connectivity index (χ3n) is 7.97. The minimum Gasteiger partial charge on any atom is -0.444 e. The molecule has 1 N–H and O–H groups in total. The van der Waals surface area contributed by atoms with Crippen molar-refractivity contribution in [2.45, 2.75) is 58.2 Å². The summed E-state index contributed by atoms with van der Waals surface area (Å²) >= 11 is 0. The number of carbonyl (C=O) groups is 2. The van der Waals surface area contributed by atoms with Crippen molar-refractivity contribution in [2.24, 2.45) is 13.0 Å². The fourth-order valence-corrected chi connectivity index (χ4v) is 5.96. The minimum absolute atomic E-state index is 0.129. The van der Waals surface area contributed by atoms with E-state index < -0.39 is 5.60 Å². The van der Waals surface area contributed by atoms with Crippen LogP contribution in [0.4, 0.5) is 4.79 Å². The first-order chi connectivity index (χ1) is 18.1. The second-order valence-corrected chi connectivity index (χ2v) is 11.7. The molecule has 1 aliphatic carbocycles. The molecule has 0 spiro atoms. The number of amides is 2. The van der Waals surface area contributed by atoms with E-state index in [0.717, 1.165) is 41.9 Å². The molecular formula is C30H35N5O3. The molecule has 2 aromatic carbocycles. The number of benzene rings is 2. The number of imidazole rings is 1. The Balaban J connectivity index is 1.25. The van der Waals surface area contributed by atoms with Crippen LogP contribution >= 0.6 is 0 Å². The Morgan fingerprint density at radius 2 is 1.92 bits per heavy atom. The van der Waals surface area contributed by atoms with Gasteiger partial charge in [-0.1, -0.05) is 18.2 Å². The summed E-state index contributed by atoms with van der Waals surface area (Å²) in [4.78, 5) is 32.7. The predicted octanol–water partition coefficient (Wildman–Crippen LogP) is 5.34. The van der Waals surface area contributed by atoms with Crippen LogP contribution in [-0.2, 0) is 18.3 Å². The van der Waals surface area contributed by atoms with Crippen LogP contribution in [0.1, 0.15) is 50.9 Å². The molecule has 2 amide bonds. The number of likely N-dealkylation sites (tertiary alicyclic amines) is 1. The summed E-state index contributed by atoms with van der Waals surface area (Å²) in [6.45, 7) is 9.72. The van der Waals surface area contributed by atoms with E-state index >= 15 is 0 Å². The predicted molar refractivity (Wildman–Crippen MR) is 148 cm³/mol. The normalized spacial score (nSPS) is 21.0. The SMILES string of the molecule is CCn1c(-c2nc3cc(C(=O)NC45CC4CCN(C(=O)OC(C)(C)C)C5)ccc3n2C)cc2ccccc21. The van der Waals surface area contributed by atoms with Crippen LogP contribution < -0.4 is 5.32 Å². The summed E-state index contributed by atoms with van der Waals surface area (Å²) in [5.41, 5.74) is 3.65. The topological polar surface area (TPSA) is 81.4 Å². The molecule has 2 aliphatic rings. The van der Waals surface area contributed by atoms with Crippen LogP contribution in [0.5, 0.6) is 0 Å². The number of rotatable bonds is 4. The van der Waals surface area contributed by atoms with Gasteiger partial charge in [-0.05, 0) is 76.8 Å². The van der Waals surface area contributed by atoms with Gasteiger partial charge in [0.25, 0.3) is 5.91 Å². The monoisotopic (exact) mass is 513 g/mol. The van der Waals surface area contributed by atoms with Crippen LogP contribution in [0.2, 0.25) is 0 Å². The fourth-order valence-electron chi connectivity index (χ4n) is 5.96. The maximum absolute atomic E-state index is 13.4. The molecule has 1 saturated heterocycles. The van der Waals surface area contributed by atoms with E-state index in [0.29, 0.717) is 24.6 Å². The van der Waals surface area contributed by atoms with Crippen molar-refractivity contribution in [1.29, 1.82) is 0 Å². The van der Waals surface area contributed by atoms with E-state index in [2.05, 4.69) is 51.7 Å². The second kappa shape index (κ2) is 8.61. The highest BCUT2D eigenvalue weighted by molar-refractivity contribution is 5.99. The summed E-state index contributed by atoms with van der Waals surface area (Å²) in [6, 6.07) is 16.2. The van der Waals surface area contributed by atoms with E-state index in [1.165, 1.54) is 10.9 Å². The lowest BCUT2D eigenvalue weighted by molar-refractivity contribution is 0.0178. The number of aryl methyl sites for hydroxylation is 2. The molecule has 4 aromatic rings. The zero-order chi connectivity index (χ0) is 26.8. The number of para-hydroxylation sites is 1. The van der Waals surface area contributed by atoms with Crippen LogP contribution in [-0.4, -0.2) is 55.2 Å². The van der Waals surface area contributed by atoms with Crippen molar-refractivity contribution in [1.82, 2.24) is 24.3 Å². The van der Waals surface area contributed by atoms with Crippen molar-refractivity contribution in [3.8, 4) is 11.5 Å². The molecular weight excluding hydrogens is 478 g/mol. The quantitative estimate of drug-likeness (QED) is 0.399. The lowest BCUT2D eigenvalue weighted by atomic mass is 10.0. The molecule has 3 heterocycles. The Bertz CT molecular complexity index is 1580. The maximum atomic E-state index is 13.4. The fraction of sp³-hybridized carbons (Fsp3) is 0.433. The van der Waals surface area contributed by atoms with Crippen LogP contribution in [0.15, 0.2) is 48.5 Å². The molecule has 2 unspecified atom stereocenters. The number of hydrogen-bond donors (Lipinski definition) is 1. The second-order valence-electron chi connectivity index (χ2n) is 11.7. The number of piperidine rings is 1. The first kappa shape index (κ1) is 24.5. The van der Waals surface area contributed by atoms with Gasteiger partial charge in [0.1, 0.15) is 5.60 Å². The van der Waals surface area contributed by atoms with Crippen LogP contribution in [0, 0.1) is 5.92 Å². The van der Waals surface area contributed by atoms with Gasteiger partial charge in [-0.15, -0.1) is 0 Å². The summed E-state index contributed by atoms with van der Waals surface area (Å²) in [5, 5.41) is 4.44. The van der Waals surface area contributed by atoms with Gasteiger partial charge in [-0.3, -0.25) is 4.79 Å². The smallest absolute Gasteiger partial charge is 0.410 e. The number of hydrogen-bond acceptors (Lipinski definition) is 4. The number of carbonyl (C=O) groups excluding carboxylic acids is 2. The molecule has 0 radical (unpaired) electrons. The number of fused-ring (bicyclic) bond motifs is 3. The highest BCUT2D eigenvalue weighted by Crippen LogP contribution is 2.49. The van der Waals surface area contributed by atoms with Gasteiger partial charge < -0.3 is 24.1 Å². The Labute approximate surface area is 222 Å². The Morgan fingerprint density at radius 3 is 2.68 bits per heavy atom. The summed E-state index contributed by atoms with van der Waals surface area (Å²) in [6.07, 6.45) is 1.44. The molecule has 0 bridgehead atoms. The summed E-state index contributed by atoms with van der Waals surface area (Å²) < 4.78 is 9.94. The van der Waals surface area contributed by atoms with E-state index in [1.807, 2.05) is 46.0 Å². The van der Waals surface area contributed by atoms with Crippen molar-refractivity contribution in [2.75, 3.05) is 13.1 Å². The molecule has 38 heavy (non-hydrogen) atoms. The van der Waals surface area contributed by atoms with E-state index in [9.17, 15) is 9.59 Å². The third kappa shape index (κ3) is 4.12. The highest BCUT2D eigenvalue weighted by atomic mass is 16.6. The van der Waals surface area contributed by atoms with E-state index in [-0.39, 0.29) is 17.5 Å². The van der Waals surface area contributed by atoms with Crippen molar-refractivity contribution >= 4 is 33.9 Å². The minimum atomic E-state index is -0.545. The third-order valence-corrected chi connectivity index (χ3v) is 7.97. The molecule has 2 aromatic heterocycles. The average molecular weight is 514 g/mol. The largest absolute Gasteiger partial charge is 0.444 e. The zero-order valence-electron chi connectivity index (χ0n) is 22.7. The average Bonchev–Trinajstić information content (AvgIpc) is 3.31. The van der Waals surface area contributed by atoms with E-state index in [4.69, 9.17) is 9.72 Å². The zero-order valence-corrected chi connectivity index (χ0v) is 22.7. The Morgan fingerprint density at radius 1 is 1.13 bits per heavy atom. The molecule has 2 atom stereocenters. The van der Waals surface area contributed by atoms with Gasteiger partial charge >= 0.3 is 6.09 Å². The van der Waals surface area contributed by atoms with Gasteiger partial charge in [-0.2, -0.15) is 0 Å². The molecule has 8 heteroatoms. The molecule has 8 nitrogen and oxygen atoms in total. The standard InChI is InChI=1S/C30H35N5O3/c1-6-35-23-10-8-7-9-19(23)16-25(35)26-31-22-15-20(11-12-24(22)33(26)5)27(36)32-30-17-21(30)13-14-34(18-30)28(37)38-29(2,3)4/h7-12,15-16,21H,6,13-14,17-18H2,1-5H3,(H,32,36). The number of aromatic nitrogens is 3. The van der Waals surface area contributed by atoms with Gasteiger partial charge in [0.2, 0.25) is 0 Å². The van der Waals surface area contributed by atoms with Gasteiger partial charge in [0.05, 0.1) is 22.3 Å². The molecule has 2 fully saturated rings. The maximum Gasteiger partial charge on any atom is 0.410 e. The highest BCUT2D eigenvalue weighted by Gasteiger charge is 2.58.